The maximum absolute atomic E-state index is 9.65. The van der Waals surface area contributed by atoms with Crippen LogP contribution >= 0.6 is 0 Å². The number of nitriles is 2. The first-order valence-electron chi connectivity index (χ1n) is 17.3. The smallest absolute Gasteiger partial charge is 0.136 e. The van der Waals surface area contributed by atoms with Crippen LogP contribution in [0.15, 0.2) is 167 Å². The molecule has 1 unspecified atom stereocenters. The van der Waals surface area contributed by atoms with Gasteiger partial charge in [-0.2, -0.15) is 10.5 Å². The van der Waals surface area contributed by atoms with E-state index in [9.17, 15) is 10.5 Å². The Morgan fingerprint density at radius 1 is 0.588 bits per heavy atom. The Kier molecular flexibility index (Phi) is 7.46. The number of anilines is 4. The molecule has 0 spiro atoms. The molecule has 0 bridgehead atoms. The van der Waals surface area contributed by atoms with E-state index in [1.54, 1.807) is 0 Å². The largest absolute Gasteiger partial charge is 0.456 e. The van der Waals surface area contributed by atoms with Crippen LogP contribution in [0.4, 0.5) is 22.7 Å². The summed E-state index contributed by atoms with van der Waals surface area (Å²) in [5.74, 6) is 0. The van der Waals surface area contributed by atoms with Crippen molar-refractivity contribution < 1.29 is 4.42 Å². The molecule has 0 N–H and O–H groups in total. The summed E-state index contributed by atoms with van der Waals surface area (Å²) < 4.78 is 6.59. The third kappa shape index (κ3) is 5.52. The standard InChI is InChI=1S/C46H32N4O/c47-29-31-9-7-15-39(21-31)49(37-11-3-1-4-12-37)41-19-17-33-25-43-44-26-34-18-20-42(24-36(34)28-46(44)51-45(43)27-35(33)23-41)50(38-13-5-2-6-14-38)40-16-8-10-32(22-40)30-48/h1,3-5,7-15,17-28,40H,2,6,16H2. The molecular formula is C46H32N4O. The highest BCUT2D eigenvalue weighted by atomic mass is 16.3. The van der Waals surface area contributed by atoms with Gasteiger partial charge in [0.2, 0.25) is 0 Å². The lowest BCUT2D eigenvalue weighted by Crippen LogP contribution is -2.33. The van der Waals surface area contributed by atoms with Crippen molar-refractivity contribution in [1.82, 2.24) is 0 Å². The molecule has 1 atom stereocenters. The van der Waals surface area contributed by atoms with Gasteiger partial charge in [-0.1, -0.05) is 54.6 Å². The minimum atomic E-state index is 0.0523. The summed E-state index contributed by atoms with van der Waals surface area (Å²) in [5, 5.41) is 25.9. The van der Waals surface area contributed by atoms with Crippen LogP contribution in [0.1, 0.15) is 24.8 Å². The van der Waals surface area contributed by atoms with Crippen LogP contribution in [0.25, 0.3) is 43.5 Å². The SMILES string of the molecule is N#CC1=CC(N(C2=CCCC=C2)c2ccc3cc4c(cc3c2)oc2cc3cc(N(c5ccccc5)c5cccc(C#N)c5)ccc3cc24)CC=C1. The molecule has 0 saturated heterocycles. The van der Waals surface area contributed by atoms with Gasteiger partial charge in [-0.3, -0.25) is 0 Å². The molecule has 0 fully saturated rings. The Balaban J connectivity index is 1.14. The minimum Gasteiger partial charge on any atom is -0.456 e. The van der Waals surface area contributed by atoms with Crippen LogP contribution < -0.4 is 9.80 Å². The number of hydrogen-bond acceptors (Lipinski definition) is 5. The van der Waals surface area contributed by atoms with Crippen molar-refractivity contribution in [3.8, 4) is 12.1 Å². The molecule has 0 radical (unpaired) electrons. The van der Waals surface area contributed by atoms with E-state index in [0.717, 1.165) is 91.2 Å². The number of hydrogen-bond donors (Lipinski definition) is 0. The Morgan fingerprint density at radius 3 is 2.00 bits per heavy atom. The van der Waals surface area contributed by atoms with E-state index in [1.807, 2.05) is 48.5 Å². The zero-order valence-corrected chi connectivity index (χ0v) is 27.8. The first-order chi connectivity index (χ1) is 25.1. The maximum Gasteiger partial charge on any atom is 0.136 e. The molecule has 1 aromatic heterocycles. The quantitative estimate of drug-likeness (QED) is 0.178. The highest BCUT2D eigenvalue weighted by molar-refractivity contribution is 6.14. The Morgan fingerprint density at radius 2 is 1.29 bits per heavy atom. The monoisotopic (exact) mass is 656 g/mol. The van der Waals surface area contributed by atoms with Gasteiger partial charge in [-0.05, 0) is 138 Å². The number of rotatable bonds is 6. The number of benzene rings is 6. The van der Waals surface area contributed by atoms with E-state index in [-0.39, 0.29) is 6.04 Å². The molecule has 1 heterocycles. The summed E-state index contributed by atoms with van der Waals surface area (Å²) in [6.07, 6.45) is 15.7. The first-order valence-corrected chi connectivity index (χ1v) is 17.3. The number of fused-ring (bicyclic) bond motifs is 5. The average Bonchev–Trinajstić information content (AvgIpc) is 3.53. The van der Waals surface area contributed by atoms with E-state index in [1.165, 1.54) is 0 Å². The van der Waals surface area contributed by atoms with Gasteiger partial charge < -0.3 is 14.2 Å². The van der Waals surface area contributed by atoms with Crippen LogP contribution in [0.2, 0.25) is 0 Å². The predicted molar refractivity (Wildman–Crippen MR) is 208 cm³/mol. The molecule has 2 aliphatic carbocycles. The Hall–Kier alpha value is -6.82. The molecule has 5 heteroatoms. The number of para-hydroxylation sites is 1. The summed E-state index contributed by atoms with van der Waals surface area (Å²) >= 11 is 0. The van der Waals surface area contributed by atoms with E-state index in [0.29, 0.717) is 11.1 Å². The third-order valence-electron chi connectivity index (χ3n) is 9.90. The lowest BCUT2D eigenvalue weighted by Gasteiger charge is -2.34. The van der Waals surface area contributed by atoms with E-state index < -0.39 is 0 Å². The van der Waals surface area contributed by atoms with Gasteiger partial charge in [0, 0.05) is 44.8 Å². The van der Waals surface area contributed by atoms with Gasteiger partial charge in [0.25, 0.3) is 0 Å². The van der Waals surface area contributed by atoms with Gasteiger partial charge >= 0.3 is 0 Å². The molecule has 2 aliphatic rings. The molecule has 242 valence electrons. The molecule has 0 saturated carbocycles. The Labute approximate surface area is 296 Å². The summed E-state index contributed by atoms with van der Waals surface area (Å²) in [6, 6.07) is 44.5. The molecule has 6 aromatic carbocycles. The normalized spacial score (nSPS) is 15.5. The second-order valence-corrected chi connectivity index (χ2v) is 13.1. The summed E-state index contributed by atoms with van der Waals surface area (Å²) in [7, 11) is 0. The molecule has 7 aromatic rings. The summed E-state index contributed by atoms with van der Waals surface area (Å²) in [5.41, 5.74) is 8.18. The fourth-order valence-corrected chi connectivity index (χ4v) is 7.49. The van der Waals surface area contributed by atoms with Crippen LogP contribution in [0.5, 0.6) is 0 Å². The van der Waals surface area contributed by atoms with Crippen LogP contribution in [-0.2, 0) is 0 Å². The van der Waals surface area contributed by atoms with E-state index >= 15 is 0 Å². The zero-order valence-electron chi connectivity index (χ0n) is 27.8. The minimum absolute atomic E-state index is 0.0523. The molecule has 51 heavy (non-hydrogen) atoms. The van der Waals surface area contributed by atoms with Crippen molar-refractivity contribution in [3.05, 3.63) is 169 Å². The molecular weight excluding hydrogens is 625 g/mol. The van der Waals surface area contributed by atoms with Gasteiger partial charge in [0.05, 0.1) is 23.7 Å². The number of allylic oxidation sites excluding steroid dienone is 5. The molecule has 9 rings (SSSR count). The summed E-state index contributed by atoms with van der Waals surface area (Å²) in [4.78, 5) is 4.54. The van der Waals surface area contributed by atoms with Crippen molar-refractivity contribution in [2.75, 3.05) is 9.80 Å². The topological polar surface area (TPSA) is 67.2 Å². The van der Waals surface area contributed by atoms with Crippen molar-refractivity contribution in [2.45, 2.75) is 25.3 Å². The highest BCUT2D eigenvalue weighted by Gasteiger charge is 2.23. The van der Waals surface area contributed by atoms with Gasteiger partial charge in [0.1, 0.15) is 11.2 Å². The van der Waals surface area contributed by atoms with E-state index in [2.05, 4.69) is 125 Å². The lowest BCUT2D eigenvalue weighted by molar-refractivity contribution is 0.670. The van der Waals surface area contributed by atoms with Crippen molar-refractivity contribution in [3.63, 3.8) is 0 Å². The maximum atomic E-state index is 9.65. The highest BCUT2D eigenvalue weighted by Crippen LogP contribution is 2.40. The molecule has 0 aliphatic heterocycles. The van der Waals surface area contributed by atoms with Gasteiger partial charge in [-0.25, -0.2) is 0 Å². The zero-order chi connectivity index (χ0) is 34.3. The van der Waals surface area contributed by atoms with Crippen LogP contribution in [-0.4, -0.2) is 6.04 Å². The number of furan rings is 1. The average molecular weight is 657 g/mol. The van der Waals surface area contributed by atoms with Gasteiger partial charge in [-0.15, -0.1) is 0 Å². The summed E-state index contributed by atoms with van der Waals surface area (Å²) in [6.45, 7) is 0. The van der Waals surface area contributed by atoms with Gasteiger partial charge in [0.15, 0.2) is 0 Å². The van der Waals surface area contributed by atoms with Crippen molar-refractivity contribution in [2.24, 2.45) is 0 Å². The van der Waals surface area contributed by atoms with Crippen LogP contribution in [0.3, 0.4) is 0 Å². The lowest BCUT2D eigenvalue weighted by atomic mass is 9.98. The predicted octanol–water partition coefficient (Wildman–Crippen LogP) is 12.1. The third-order valence-corrected chi connectivity index (χ3v) is 9.90. The first kappa shape index (κ1) is 30.3. The fraction of sp³-hybridized carbons (Fsp3) is 0.0870. The molecule has 0 amide bonds. The second-order valence-electron chi connectivity index (χ2n) is 13.1. The van der Waals surface area contributed by atoms with Crippen molar-refractivity contribution >= 4 is 66.2 Å². The Bertz CT molecular complexity index is 2720. The molecule has 5 nitrogen and oxygen atoms in total. The van der Waals surface area contributed by atoms with E-state index in [4.69, 9.17) is 4.42 Å². The number of nitrogens with zero attached hydrogens (tertiary/aromatic N) is 4. The second kappa shape index (κ2) is 12.6. The van der Waals surface area contributed by atoms with Crippen molar-refractivity contribution in [1.29, 1.82) is 10.5 Å². The fourth-order valence-electron chi connectivity index (χ4n) is 7.49. The van der Waals surface area contributed by atoms with Crippen LogP contribution in [0, 0.1) is 22.7 Å².